The fourth-order valence-electron chi connectivity index (χ4n) is 2.40. The van der Waals surface area contributed by atoms with Crippen LogP contribution in [0.5, 0.6) is 0 Å². The summed E-state index contributed by atoms with van der Waals surface area (Å²) >= 11 is 0. The maximum atomic E-state index is 12.0. The molecular formula is C20H17N3O4. The van der Waals surface area contributed by atoms with Gasteiger partial charge in [0.1, 0.15) is 0 Å². The number of rotatable bonds is 5. The average molecular weight is 363 g/mol. The second-order valence-corrected chi connectivity index (χ2v) is 6.04. The van der Waals surface area contributed by atoms with E-state index in [0.29, 0.717) is 0 Å². The number of carbonyl (C=O) groups is 1. The SMILES string of the molecule is CN(C)c1ccc(/C=C2N=C(/C=C/c3ccc([N+](=O)[O-])cc3)OC/2=O)cc1. The number of nitro benzene ring substituents is 1. The van der Waals surface area contributed by atoms with Crippen molar-refractivity contribution in [2.75, 3.05) is 19.0 Å². The normalized spacial score (nSPS) is 15.1. The van der Waals surface area contributed by atoms with Crippen LogP contribution in [-0.2, 0) is 9.53 Å². The monoisotopic (exact) mass is 363 g/mol. The zero-order valence-electron chi connectivity index (χ0n) is 14.8. The van der Waals surface area contributed by atoms with E-state index in [1.54, 1.807) is 30.4 Å². The summed E-state index contributed by atoms with van der Waals surface area (Å²) in [5.74, 6) is -0.343. The number of anilines is 1. The molecule has 0 fully saturated rings. The van der Waals surface area contributed by atoms with Crippen LogP contribution in [-0.4, -0.2) is 30.9 Å². The van der Waals surface area contributed by atoms with E-state index < -0.39 is 10.9 Å². The number of hydrogen-bond donors (Lipinski definition) is 0. The molecule has 1 aliphatic heterocycles. The number of cyclic esters (lactones) is 1. The summed E-state index contributed by atoms with van der Waals surface area (Å²) in [6.45, 7) is 0. The lowest BCUT2D eigenvalue weighted by molar-refractivity contribution is -0.384. The van der Waals surface area contributed by atoms with Gasteiger partial charge in [-0.25, -0.2) is 9.79 Å². The molecule has 1 heterocycles. The second-order valence-electron chi connectivity index (χ2n) is 6.04. The van der Waals surface area contributed by atoms with E-state index in [0.717, 1.165) is 16.8 Å². The van der Waals surface area contributed by atoms with Crippen molar-refractivity contribution in [3.05, 3.63) is 81.5 Å². The van der Waals surface area contributed by atoms with Crippen molar-refractivity contribution in [1.82, 2.24) is 0 Å². The van der Waals surface area contributed by atoms with Gasteiger partial charge >= 0.3 is 5.97 Å². The Balaban J connectivity index is 1.74. The number of hydrogen-bond acceptors (Lipinski definition) is 6. The van der Waals surface area contributed by atoms with E-state index in [2.05, 4.69) is 4.99 Å². The number of non-ortho nitro benzene ring substituents is 1. The van der Waals surface area contributed by atoms with Gasteiger partial charge in [0.15, 0.2) is 5.70 Å². The molecule has 0 saturated heterocycles. The van der Waals surface area contributed by atoms with Gasteiger partial charge < -0.3 is 9.64 Å². The number of nitrogens with zero attached hydrogens (tertiary/aromatic N) is 3. The molecular weight excluding hydrogens is 346 g/mol. The van der Waals surface area contributed by atoms with Crippen LogP contribution in [0.2, 0.25) is 0 Å². The van der Waals surface area contributed by atoms with E-state index in [9.17, 15) is 14.9 Å². The summed E-state index contributed by atoms with van der Waals surface area (Å²) in [7, 11) is 3.91. The molecule has 1 aliphatic rings. The van der Waals surface area contributed by atoms with Gasteiger partial charge in [0.05, 0.1) is 4.92 Å². The highest BCUT2D eigenvalue weighted by Crippen LogP contribution is 2.19. The number of benzene rings is 2. The molecule has 0 atom stereocenters. The van der Waals surface area contributed by atoms with Gasteiger partial charge in [0, 0.05) is 38.0 Å². The Kier molecular flexibility index (Phi) is 5.12. The Morgan fingerprint density at radius 3 is 2.22 bits per heavy atom. The molecule has 7 nitrogen and oxygen atoms in total. The van der Waals surface area contributed by atoms with Crippen molar-refractivity contribution in [1.29, 1.82) is 0 Å². The number of esters is 1. The van der Waals surface area contributed by atoms with Gasteiger partial charge in [-0.15, -0.1) is 0 Å². The van der Waals surface area contributed by atoms with Gasteiger partial charge in [-0.05, 0) is 47.5 Å². The predicted octanol–water partition coefficient (Wildman–Crippen LogP) is 3.67. The highest BCUT2D eigenvalue weighted by molar-refractivity contribution is 6.11. The highest BCUT2D eigenvalue weighted by atomic mass is 16.6. The van der Waals surface area contributed by atoms with Crippen molar-refractivity contribution < 1.29 is 14.5 Å². The third kappa shape index (κ3) is 4.46. The lowest BCUT2D eigenvalue weighted by atomic mass is 10.1. The third-order valence-corrected chi connectivity index (χ3v) is 3.87. The molecule has 0 spiro atoms. The van der Waals surface area contributed by atoms with Crippen molar-refractivity contribution in [2.24, 2.45) is 4.99 Å². The summed E-state index contributed by atoms with van der Waals surface area (Å²) in [5, 5.41) is 10.7. The van der Waals surface area contributed by atoms with Crippen molar-refractivity contribution in [3.8, 4) is 0 Å². The van der Waals surface area contributed by atoms with Gasteiger partial charge in [-0.3, -0.25) is 10.1 Å². The number of carbonyl (C=O) groups excluding carboxylic acids is 1. The molecule has 3 rings (SSSR count). The summed E-state index contributed by atoms with van der Waals surface area (Å²) in [4.78, 5) is 28.3. The second kappa shape index (κ2) is 7.65. The Labute approximate surface area is 156 Å². The first-order valence-corrected chi connectivity index (χ1v) is 8.15. The van der Waals surface area contributed by atoms with Gasteiger partial charge in [0.2, 0.25) is 5.90 Å². The van der Waals surface area contributed by atoms with Crippen LogP contribution < -0.4 is 4.90 Å². The summed E-state index contributed by atoms with van der Waals surface area (Å²) in [6, 6.07) is 13.7. The predicted molar refractivity (Wildman–Crippen MR) is 104 cm³/mol. The van der Waals surface area contributed by atoms with Gasteiger partial charge in [-0.1, -0.05) is 12.1 Å². The van der Waals surface area contributed by atoms with E-state index >= 15 is 0 Å². The third-order valence-electron chi connectivity index (χ3n) is 3.87. The zero-order valence-corrected chi connectivity index (χ0v) is 14.8. The molecule has 0 N–H and O–H groups in total. The Morgan fingerprint density at radius 1 is 1.00 bits per heavy atom. The summed E-state index contributed by atoms with van der Waals surface area (Å²) < 4.78 is 5.13. The number of nitro groups is 1. The van der Waals surface area contributed by atoms with E-state index in [1.165, 1.54) is 12.1 Å². The largest absolute Gasteiger partial charge is 0.403 e. The van der Waals surface area contributed by atoms with Crippen molar-refractivity contribution in [3.63, 3.8) is 0 Å². The minimum atomic E-state index is -0.518. The molecule has 0 amide bonds. The van der Waals surface area contributed by atoms with Crippen LogP contribution in [0.15, 0.2) is 65.3 Å². The lowest BCUT2D eigenvalue weighted by Gasteiger charge is -2.11. The number of aliphatic imine (C=N–C) groups is 1. The maximum absolute atomic E-state index is 12.0. The van der Waals surface area contributed by atoms with Crippen LogP contribution in [0, 0.1) is 10.1 Å². The summed E-state index contributed by atoms with van der Waals surface area (Å²) in [5.41, 5.74) is 2.87. The fraction of sp³-hybridized carbons (Fsp3) is 0.100. The number of ether oxygens (including phenoxy) is 1. The molecule has 2 aromatic carbocycles. The van der Waals surface area contributed by atoms with Crippen LogP contribution in [0.3, 0.4) is 0 Å². The first-order chi connectivity index (χ1) is 12.9. The minimum absolute atomic E-state index is 0.0160. The van der Waals surface area contributed by atoms with Crippen LogP contribution in [0.1, 0.15) is 11.1 Å². The first kappa shape index (κ1) is 18.1. The fourth-order valence-corrected chi connectivity index (χ4v) is 2.40. The molecule has 136 valence electrons. The Hall–Kier alpha value is -3.74. The highest BCUT2D eigenvalue weighted by Gasteiger charge is 2.21. The van der Waals surface area contributed by atoms with Crippen LogP contribution >= 0.6 is 0 Å². The molecule has 0 saturated carbocycles. The molecule has 0 bridgehead atoms. The van der Waals surface area contributed by atoms with E-state index in [-0.39, 0.29) is 17.3 Å². The standard InChI is InChI=1S/C20H17N3O4/c1-22(2)16-8-5-15(6-9-16)13-18-20(24)27-19(21-18)12-7-14-3-10-17(11-4-14)23(25)26/h3-13H,1-2H3/b12-7+,18-13+. The minimum Gasteiger partial charge on any atom is -0.403 e. The van der Waals surface area contributed by atoms with Gasteiger partial charge in [0.25, 0.3) is 5.69 Å². The molecule has 0 radical (unpaired) electrons. The van der Waals surface area contributed by atoms with Crippen LogP contribution in [0.25, 0.3) is 12.2 Å². The van der Waals surface area contributed by atoms with Crippen molar-refractivity contribution in [2.45, 2.75) is 0 Å². The lowest BCUT2D eigenvalue weighted by Crippen LogP contribution is -2.07. The quantitative estimate of drug-likeness (QED) is 0.350. The summed E-state index contributed by atoms with van der Waals surface area (Å²) in [6.07, 6.45) is 4.88. The molecule has 7 heteroatoms. The van der Waals surface area contributed by atoms with Gasteiger partial charge in [-0.2, -0.15) is 0 Å². The smallest absolute Gasteiger partial charge is 0.363 e. The molecule has 27 heavy (non-hydrogen) atoms. The van der Waals surface area contributed by atoms with E-state index in [1.807, 2.05) is 43.3 Å². The van der Waals surface area contributed by atoms with E-state index in [4.69, 9.17) is 4.74 Å². The Morgan fingerprint density at radius 2 is 1.63 bits per heavy atom. The van der Waals surface area contributed by atoms with Crippen molar-refractivity contribution >= 4 is 35.4 Å². The molecule has 0 unspecified atom stereocenters. The first-order valence-electron chi connectivity index (χ1n) is 8.15. The zero-order chi connectivity index (χ0) is 19.4. The average Bonchev–Trinajstić information content (AvgIpc) is 3.00. The molecule has 0 aliphatic carbocycles. The topological polar surface area (TPSA) is 85.0 Å². The molecule has 0 aromatic heterocycles. The molecule has 2 aromatic rings. The van der Waals surface area contributed by atoms with Crippen LogP contribution in [0.4, 0.5) is 11.4 Å². The maximum Gasteiger partial charge on any atom is 0.363 e. The Bertz CT molecular complexity index is 956.